The van der Waals surface area contributed by atoms with Gasteiger partial charge in [-0.3, -0.25) is 4.79 Å². The summed E-state index contributed by atoms with van der Waals surface area (Å²) in [5.74, 6) is -0.0507. The molecule has 1 N–H and O–H groups in total. The Morgan fingerprint density at radius 2 is 2.43 bits per heavy atom. The zero-order valence-corrected chi connectivity index (χ0v) is 10.4. The topological polar surface area (TPSA) is 38.3 Å². The normalized spacial score (nSPS) is 12.5. The van der Waals surface area contributed by atoms with E-state index in [-0.39, 0.29) is 11.9 Å². The molecule has 14 heavy (non-hydrogen) atoms. The number of halogens is 1. The van der Waals surface area contributed by atoms with Crippen molar-refractivity contribution in [3.05, 3.63) is 20.8 Å². The summed E-state index contributed by atoms with van der Waals surface area (Å²) >= 11 is 4.73. The molecule has 1 aromatic rings. The first-order valence-electron chi connectivity index (χ1n) is 4.18. The molecule has 0 aliphatic rings. The van der Waals surface area contributed by atoms with Crippen LogP contribution in [-0.4, -0.2) is 25.7 Å². The van der Waals surface area contributed by atoms with Crippen LogP contribution in [0.25, 0.3) is 0 Å². The molecule has 0 unspecified atom stereocenters. The Morgan fingerprint density at radius 3 is 2.93 bits per heavy atom. The molecule has 78 valence electrons. The highest BCUT2D eigenvalue weighted by atomic mass is 79.9. The highest BCUT2D eigenvalue weighted by molar-refractivity contribution is 9.11. The van der Waals surface area contributed by atoms with Gasteiger partial charge in [0.05, 0.1) is 15.3 Å². The molecule has 0 bridgehead atoms. The maximum atomic E-state index is 11.6. The third-order valence-electron chi connectivity index (χ3n) is 1.59. The minimum absolute atomic E-state index is 0.0355. The van der Waals surface area contributed by atoms with E-state index in [1.165, 1.54) is 11.3 Å². The van der Waals surface area contributed by atoms with Crippen molar-refractivity contribution >= 4 is 33.2 Å². The van der Waals surface area contributed by atoms with Crippen LogP contribution in [0.4, 0.5) is 0 Å². The second-order valence-electron chi connectivity index (χ2n) is 2.93. The van der Waals surface area contributed by atoms with Crippen molar-refractivity contribution in [2.45, 2.75) is 13.0 Å². The Balaban J connectivity index is 2.50. The van der Waals surface area contributed by atoms with Gasteiger partial charge in [0, 0.05) is 13.2 Å². The predicted molar refractivity (Wildman–Crippen MR) is 60.8 cm³/mol. The smallest absolute Gasteiger partial charge is 0.261 e. The molecule has 3 nitrogen and oxygen atoms in total. The molecule has 1 heterocycles. The molecule has 0 aliphatic carbocycles. The van der Waals surface area contributed by atoms with E-state index in [1.54, 1.807) is 13.2 Å². The molecule has 1 aromatic heterocycles. The summed E-state index contributed by atoms with van der Waals surface area (Å²) in [5.41, 5.74) is 0. The SMILES string of the molecule is COC[C@H](C)NC(=O)c1ccc(Br)s1. The van der Waals surface area contributed by atoms with Gasteiger partial charge in [0.2, 0.25) is 0 Å². The van der Waals surface area contributed by atoms with Crippen molar-refractivity contribution in [2.75, 3.05) is 13.7 Å². The highest BCUT2D eigenvalue weighted by Gasteiger charge is 2.11. The van der Waals surface area contributed by atoms with Crippen LogP contribution in [0, 0.1) is 0 Å². The average Bonchev–Trinajstić information content (AvgIpc) is 2.52. The Kier molecular flexibility index (Phi) is 4.57. The second-order valence-corrected chi connectivity index (χ2v) is 5.40. The molecule has 1 amide bonds. The van der Waals surface area contributed by atoms with Crippen molar-refractivity contribution in [1.82, 2.24) is 5.32 Å². The van der Waals surface area contributed by atoms with Gasteiger partial charge in [-0.05, 0) is 35.0 Å². The van der Waals surface area contributed by atoms with E-state index in [0.717, 1.165) is 3.79 Å². The van der Waals surface area contributed by atoms with E-state index >= 15 is 0 Å². The van der Waals surface area contributed by atoms with Gasteiger partial charge in [-0.2, -0.15) is 0 Å². The zero-order chi connectivity index (χ0) is 10.6. The molecule has 1 rings (SSSR count). The van der Waals surface area contributed by atoms with E-state index in [9.17, 15) is 4.79 Å². The van der Waals surface area contributed by atoms with Gasteiger partial charge >= 0.3 is 0 Å². The van der Waals surface area contributed by atoms with Gasteiger partial charge in [-0.1, -0.05) is 0 Å². The van der Waals surface area contributed by atoms with E-state index < -0.39 is 0 Å². The van der Waals surface area contributed by atoms with Gasteiger partial charge in [0.15, 0.2) is 0 Å². The second kappa shape index (κ2) is 5.48. The van der Waals surface area contributed by atoms with E-state index in [4.69, 9.17) is 4.74 Å². The fraction of sp³-hybridized carbons (Fsp3) is 0.444. The van der Waals surface area contributed by atoms with Gasteiger partial charge < -0.3 is 10.1 Å². The van der Waals surface area contributed by atoms with Crippen LogP contribution in [0.15, 0.2) is 15.9 Å². The molecule has 0 spiro atoms. The van der Waals surface area contributed by atoms with Crippen molar-refractivity contribution in [2.24, 2.45) is 0 Å². The molecule has 5 heteroatoms. The van der Waals surface area contributed by atoms with Gasteiger partial charge in [0.1, 0.15) is 0 Å². The lowest BCUT2D eigenvalue weighted by molar-refractivity contribution is 0.0909. The molecule has 0 aromatic carbocycles. The number of amides is 1. The standard InChI is InChI=1S/C9H12BrNO2S/c1-6(5-13-2)11-9(12)7-3-4-8(10)14-7/h3-4,6H,5H2,1-2H3,(H,11,12)/t6-/m0/s1. The van der Waals surface area contributed by atoms with E-state index in [0.29, 0.717) is 11.5 Å². The van der Waals surface area contributed by atoms with Crippen LogP contribution in [0.1, 0.15) is 16.6 Å². The van der Waals surface area contributed by atoms with Crippen molar-refractivity contribution in [1.29, 1.82) is 0 Å². The van der Waals surface area contributed by atoms with Gasteiger partial charge in [0.25, 0.3) is 5.91 Å². The fourth-order valence-corrected chi connectivity index (χ4v) is 2.31. The van der Waals surface area contributed by atoms with Crippen LogP contribution in [-0.2, 0) is 4.74 Å². The quantitative estimate of drug-likeness (QED) is 0.917. The average molecular weight is 278 g/mol. The summed E-state index contributed by atoms with van der Waals surface area (Å²) in [4.78, 5) is 12.3. The fourth-order valence-electron chi connectivity index (χ4n) is 1.02. The molecule has 1 atom stereocenters. The molecule has 0 fully saturated rings. The molecule has 0 saturated carbocycles. The lowest BCUT2D eigenvalue weighted by Gasteiger charge is -2.11. The number of thiophene rings is 1. The Bertz CT molecular complexity index is 314. The number of hydrogen-bond acceptors (Lipinski definition) is 3. The van der Waals surface area contributed by atoms with Gasteiger partial charge in [-0.25, -0.2) is 0 Å². The summed E-state index contributed by atoms with van der Waals surface area (Å²) in [6.45, 7) is 2.43. The summed E-state index contributed by atoms with van der Waals surface area (Å²) in [6.07, 6.45) is 0. The number of carbonyl (C=O) groups excluding carboxylic acids is 1. The maximum Gasteiger partial charge on any atom is 0.261 e. The minimum Gasteiger partial charge on any atom is -0.383 e. The van der Waals surface area contributed by atoms with Crippen molar-refractivity contribution in [3.63, 3.8) is 0 Å². The summed E-state index contributed by atoms with van der Waals surface area (Å²) in [6, 6.07) is 3.69. The van der Waals surface area contributed by atoms with Crippen LogP contribution < -0.4 is 5.32 Å². The first kappa shape index (κ1) is 11.7. The largest absolute Gasteiger partial charge is 0.383 e. The van der Waals surface area contributed by atoms with Crippen molar-refractivity contribution in [3.8, 4) is 0 Å². The first-order chi connectivity index (χ1) is 6.63. The van der Waals surface area contributed by atoms with Crippen LogP contribution in [0.2, 0.25) is 0 Å². The van der Waals surface area contributed by atoms with E-state index in [1.807, 2.05) is 13.0 Å². The number of hydrogen-bond donors (Lipinski definition) is 1. The third kappa shape index (κ3) is 3.40. The van der Waals surface area contributed by atoms with E-state index in [2.05, 4.69) is 21.2 Å². The monoisotopic (exact) mass is 277 g/mol. The van der Waals surface area contributed by atoms with Crippen LogP contribution in [0.3, 0.4) is 0 Å². The number of rotatable bonds is 4. The minimum atomic E-state index is -0.0507. The Hall–Kier alpha value is -0.390. The summed E-state index contributed by atoms with van der Waals surface area (Å²) < 4.78 is 5.89. The third-order valence-corrected chi connectivity index (χ3v) is 3.21. The summed E-state index contributed by atoms with van der Waals surface area (Å²) in [7, 11) is 1.62. The Labute approximate surface area is 95.6 Å². The van der Waals surface area contributed by atoms with Gasteiger partial charge in [-0.15, -0.1) is 11.3 Å². The number of methoxy groups -OCH3 is 1. The number of nitrogens with one attached hydrogen (secondary N) is 1. The lowest BCUT2D eigenvalue weighted by Crippen LogP contribution is -2.35. The maximum absolute atomic E-state index is 11.6. The first-order valence-corrected chi connectivity index (χ1v) is 5.79. The highest BCUT2D eigenvalue weighted by Crippen LogP contribution is 2.21. The van der Waals surface area contributed by atoms with Crippen molar-refractivity contribution < 1.29 is 9.53 Å². The van der Waals surface area contributed by atoms with Crippen LogP contribution >= 0.6 is 27.3 Å². The molecular formula is C9H12BrNO2S. The Morgan fingerprint density at radius 1 is 1.71 bits per heavy atom. The number of ether oxygens (including phenoxy) is 1. The molecule has 0 radical (unpaired) electrons. The zero-order valence-electron chi connectivity index (χ0n) is 8.04. The molecule has 0 saturated heterocycles. The lowest BCUT2D eigenvalue weighted by atomic mass is 10.3. The van der Waals surface area contributed by atoms with Crippen LogP contribution in [0.5, 0.6) is 0 Å². The summed E-state index contributed by atoms with van der Waals surface area (Å²) in [5, 5.41) is 2.84. The molecule has 0 aliphatic heterocycles. The number of carbonyl (C=O) groups is 1. The predicted octanol–water partition coefficient (Wildman–Crippen LogP) is 2.28. The molecular weight excluding hydrogens is 266 g/mol.